The number of imidazole rings is 1. The maximum absolute atomic E-state index is 15.2. The fraction of sp³-hybridized carbons (Fsp3) is 0.333. The quantitative estimate of drug-likeness (QED) is 0.492. The van der Waals surface area contributed by atoms with Crippen molar-refractivity contribution in [3.8, 4) is 0 Å². The maximum Gasteiger partial charge on any atom is 0.266 e. The molecule has 0 atom stereocenters. The Morgan fingerprint density at radius 2 is 2.00 bits per heavy atom. The van der Waals surface area contributed by atoms with E-state index in [2.05, 4.69) is 15.2 Å². The van der Waals surface area contributed by atoms with E-state index in [0.29, 0.717) is 22.5 Å². The van der Waals surface area contributed by atoms with Crippen LogP contribution >= 0.6 is 11.3 Å². The van der Waals surface area contributed by atoms with Gasteiger partial charge in [0.05, 0.1) is 34.3 Å². The second kappa shape index (κ2) is 7.90. The van der Waals surface area contributed by atoms with E-state index in [1.165, 1.54) is 4.40 Å². The Morgan fingerprint density at radius 1 is 1.20 bits per heavy atom. The van der Waals surface area contributed by atoms with E-state index in [0.717, 1.165) is 56.7 Å². The van der Waals surface area contributed by atoms with Gasteiger partial charge in [-0.3, -0.25) is 9.69 Å². The van der Waals surface area contributed by atoms with Crippen molar-refractivity contribution in [1.29, 1.82) is 0 Å². The average Bonchev–Trinajstić information content (AvgIpc) is 3.13. The third-order valence-electron chi connectivity index (χ3n) is 5.39. The van der Waals surface area contributed by atoms with Gasteiger partial charge in [0.25, 0.3) is 5.56 Å². The van der Waals surface area contributed by atoms with Crippen molar-refractivity contribution in [2.75, 3.05) is 44.7 Å². The lowest BCUT2D eigenvalue weighted by atomic mass is 10.2. The number of aromatic nitrogens is 2. The first-order valence-electron chi connectivity index (χ1n) is 9.89. The number of nitrogens with zero attached hydrogens (tertiary/aromatic N) is 3. The van der Waals surface area contributed by atoms with Gasteiger partial charge in [-0.2, -0.15) is 0 Å². The van der Waals surface area contributed by atoms with E-state index >= 15 is 4.39 Å². The fourth-order valence-electron chi connectivity index (χ4n) is 3.84. The van der Waals surface area contributed by atoms with Crippen LogP contribution in [0.15, 0.2) is 35.1 Å². The standard InChI is InChI=1S/C21H20F2N4O2S/c22-14-12-13-19(17(23)18(14)24-6-3-7-26-8-10-29-11-9-26)30-21-25-15-4-1-2-5-16(15)27(21)20(13)28/h1-2,4-5,12,24H,3,6-11H2. The molecule has 0 amide bonds. The van der Waals surface area contributed by atoms with Crippen LogP contribution in [0.1, 0.15) is 6.42 Å². The number of hydrogen-bond acceptors (Lipinski definition) is 6. The van der Waals surface area contributed by atoms with E-state index in [4.69, 9.17) is 4.74 Å². The molecule has 156 valence electrons. The summed E-state index contributed by atoms with van der Waals surface area (Å²) in [6.07, 6.45) is 0.748. The van der Waals surface area contributed by atoms with Crippen molar-refractivity contribution < 1.29 is 13.5 Å². The minimum atomic E-state index is -0.764. The molecule has 5 rings (SSSR count). The molecule has 0 aliphatic carbocycles. The number of halogens is 2. The third-order valence-corrected chi connectivity index (χ3v) is 6.45. The van der Waals surface area contributed by atoms with E-state index in [9.17, 15) is 9.18 Å². The van der Waals surface area contributed by atoms with Gasteiger partial charge in [0, 0.05) is 19.6 Å². The Bertz CT molecular complexity index is 1300. The number of morpholine rings is 1. The molecular weight excluding hydrogens is 410 g/mol. The summed E-state index contributed by atoms with van der Waals surface area (Å²) in [4.78, 5) is 20.1. The van der Waals surface area contributed by atoms with Gasteiger partial charge in [0.15, 0.2) is 10.8 Å². The SMILES string of the molecule is O=c1c2cc(F)c(NCCCN3CCOCC3)c(F)c2sc2nc3ccccc3n12. The predicted octanol–water partition coefficient (Wildman–Crippen LogP) is 3.47. The molecule has 0 bridgehead atoms. The number of para-hydroxylation sites is 2. The van der Waals surface area contributed by atoms with Crippen LogP contribution in [0.5, 0.6) is 0 Å². The summed E-state index contributed by atoms with van der Waals surface area (Å²) in [5, 5.41) is 2.89. The fourth-order valence-corrected chi connectivity index (χ4v) is 4.89. The van der Waals surface area contributed by atoms with Crippen LogP contribution in [0, 0.1) is 11.6 Å². The number of benzene rings is 2. The van der Waals surface area contributed by atoms with Gasteiger partial charge < -0.3 is 10.1 Å². The second-order valence-corrected chi connectivity index (χ2v) is 8.26. The molecule has 1 N–H and O–H groups in total. The van der Waals surface area contributed by atoms with Crippen LogP contribution in [0.4, 0.5) is 14.5 Å². The third kappa shape index (κ3) is 3.32. The lowest BCUT2D eigenvalue weighted by molar-refractivity contribution is 0.0378. The predicted molar refractivity (Wildman–Crippen MR) is 115 cm³/mol. The minimum Gasteiger partial charge on any atom is -0.380 e. The van der Waals surface area contributed by atoms with Crippen LogP contribution in [-0.2, 0) is 4.74 Å². The second-order valence-electron chi connectivity index (χ2n) is 7.28. The molecule has 2 aromatic heterocycles. The first kappa shape index (κ1) is 19.3. The Labute approximate surface area is 174 Å². The highest BCUT2D eigenvalue weighted by Gasteiger charge is 2.20. The summed E-state index contributed by atoms with van der Waals surface area (Å²) < 4.78 is 36.7. The average molecular weight is 430 g/mol. The summed E-state index contributed by atoms with van der Waals surface area (Å²) in [6, 6.07) is 8.30. The topological polar surface area (TPSA) is 58.9 Å². The van der Waals surface area contributed by atoms with Crippen molar-refractivity contribution in [1.82, 2.24) is 14.3 Å². The molecule has 1 saturated heterocycles. The van der Waals surface area contributed by atoms with Gasteiger partial charge in [-0.25, -0.2) is 18.2 Å². The number of fused-ring (bicyclic) bond motifs is 4. The molecule has 0 unspecified atom stereocenters. The molecule has 6 nitrogen and oxygen atoms in total. The molecule has 0 spiro atoms. The number of rotatable bonds is 5. The molecule has 1 aliphatic heterocycles. The summed E-state index contributed by atoms with van der Waals surface area (Å²) in [7, 11) is 0. The lowest BCUT2D eigenvalue weighted by Gasteiger charge is -2.26. The van der Waals surface area contributed by atoms with Gasteiger partial charge in [-0.1, -0.05) is 23.5 Å². The molecule has 3 heterocycles. The van der Waals surface area contributed by atoms with Crippen molar-refractivity contribution in [2.45, 2.75) is 6.42 Å². The van der Waals surface area contributed by atoms with E-state index in [1.807, 2.05) is 6.07 Å². The molecule has 2 aromatic carbocycles. The maximum atomic E-state index is 15.2. The monoisotopic (exact) mass is 430 g/mol. The first-order chi connectivity index (χ1) is 14.6. The molecule has 30 heavy (non-hydrogen) atoms. The molecule has 1 aliphatic rings. The Kier molecular flexibility index (Phi) is 5.10. The summed E-state index contributed by atoms with van der Waals surface area (Å²) in [5.74, 6) is -1.51. The van der Waals surface area contributed by atoms with Gasteiger partial charge in [-0.15, -0.1) is 0 Å². The number of anilines is 1. The van der Waals surface area contributed by atoms with Gasteiger partial charge >= 0.3 is 0 Å². The van der Waals surface area contributed by atoms with Gasteiger partial charge in [0.2, 0.25) is 0 Å². The van der Waals surface area contributed by atoms with Gasteiger partial charge in [0.1, 0.15) is 11.5 Å². The molecule has 0 radical (unpaired) electrons. The van der Waals surface area contributed by atoms with Crippen molar-refractivity contribution in [2.24, 2.45) is 0 Å². The van der Waals surface area contributed by atoms with Crippen LogP contribution in [0.2, 0.25) is 0 Å². The highest BCUT2D eigenvalue weighted by atomic mass is 32.1. The highest BCUT2D eigenvalue weighted by Crippen LogP contribution is 2.31. The summed E-state index contributed by atoms with van der Waals surface area (Å²) in [6.45, 7) is 4.46. The summed E-state index contributed by atoms with van der Waals surface area (Å²) >= 11 is 1.05. The van der Waals surface area contributed by atoms with Crippen molar-refractivity contribution in [3.63, 3.8) is 0 Å². The highest BCUT2D eigenvalue weighted by molar-refractivity contribution is 7.23. The smallest absolute Gasteiger partial charge is 0.266 e. The Balaban J connectivity index is 1.47. The molecule has 1 fully saturated rings. The summed E-state index contributed by atoms with van der Waals surface area (Å²) in [5.41, 5.74) is 0.606. The number of ether oxygens (including phenoxy) is 1. The zero-order valence-electron chi connectivity index (χ0n) is 16.2. The Hall–Kier alpha value is -2.62. The normalized spacial score (nSPS) is 15.4. The van der Waals surface area contributed by atoms with Crippen molar-refractivity contribution >= 4 is 43.1 Å². The van der Waals surface area contributed by atoms with E-state index in [-0.39, 0.29) is 15.8 Å². The lowest BCUT2D eigenvalue weighted by Crippen LogP contribution is -2.37. The zero-order chi connectivity index (χ0) is 20.7. The van der Waals surface area contributed by atoms with Crippen LogP contribution in [0.3, 0.4) is 0 Å². The molecular formula is C21H20F2N4O2S. The van der Waals surface area contributed by atoms with Crippen LogP contribution in [0.25, 0.3) is 26.1 Å². The van der Waals surface area contributed by atoms with Crippen LogP contribution < -0.4 is 10.9 Å². The van der Waals surface area contributed by atoms with Gasteiger partial charge in [-0.05, 0) is 31.2 Å². The van der Waals surface area contributed by atoms with Crippen molar-refractivity contribution in [3.05, 3.63) is 52.3 Å². The van der Waals surface area contributed by atoms with E-state index in [1.54, 1.807) is 18.2 Å². The molecule has 4 aromatic rings. The van der Waals surface area contributed by atoms with E-state index < -0.39 is 17.2 Å². The minimum absolute atomic E-state index is 0.0181. The number of hydrogen-bond donors (Lipinski definition) is 1. The largest absolute Gasteiger partial charge is 0.380 e. The zero-order valence-corrected chi connectivity index (χ0v) is 17.0. The molecule has 0 saturated carbocycles. The molecule has 9 heteroatoms. The Morgan fingerprint density at radius 3 is 2.83 bits per heavy atom. The number of nitrogens with one attached hydrogen (secondary N) is 1. The van der Waals surface area contributed by atoms with Crippen LogP contribution in [-0.4, -0.2) is 53.7 Å². The first-order valence-corrected chi connectivity index (χ1v) is 10.7.